The molecule has 33 heavy (non-hydrogen) atoms. The minimum Gasteiger partial charge on any atom is -0.303 e. The van der Waals surface area contributed by atoms with Crippen molar-refractivity contribution >= 4 is 22.7 Å². The smallest absolute Gasteiger partial charge is 0.235 e. The van der Waals surface area contributed by atoms with Crippen LogP contribution < -0.4 is 5.32 Å². The first kappa shape index (κ1) is 22.6. The summed E-state index contributed by atoms with van der Waals surface area (Å²) in [5, 5.41) is 8.20. The fourth-order valence-corrected chi connectivity index (χ4v) is 6.32. The van der Waals surface area contributed by atoms with Crippen molar-refractivity contribution in [3.05, 3.63) is 29.5 Å². The number of benzene rings is 1. The highest BCUT2D eigenvalue weighted by atomic mass is 16.2. The molecule has 178 valence electrons. The number of rotatable bonds is 7. The number of hydrogen-bond acceptors (Lipinski definition) is 4. The molecule has 1 saturated carbocycles. The van der Waals surface area contributed by atoms with E-state index in [1.54, 1.807) is 0 Å². The Labute approximate surface area is 197 Å². The molecule has 0 radical (unpaired) electrons. The standard InChI is InChI=1S/C27H38N4O2/c1-30-24-17-20(10-11-22(24)26(29-30)23-12-13-25(32)28-27(23)33)21-14-16-31(18-21)15-6-5-9-19-7-3-2-4-8-19/h10-11,17,19,21,23H,2-9,12-16,18H2,1H3,(H,28,32,33)/t21-,23?/m0/s1. The fraction of sp³-hybridized carbons (Fsp3) is 0.667. The van der Waals surface area contributed by atoms with E-state index in [9.17, 15) is 9.59 Å². The summed E-state index contributed by atoms with van der Waals surface area (Å²) in [4.78, 5) is 26.6. The van der Waals surface area contributed by atoms with Gasteiger partial charge in [0.15, 0.2) is 0 Å². The summed E-state index contributed by atoms with van der Waals surface area (Å²) in [7, 11) is 1.95. The van der Waals surface area contributed by atoms with Gasteiger partial charge in [-0.3, -0.25) is 19.6 Å². The number of piperidine rings is 1. The second-order valence-electron chi connectivity index (χ2n) is 10.6. The number of aromatic nitrogens is 2. The molecular weight excluding hydrogens is 412 g/mol. The predicted molar refractivity (Wildman–Crippen MR) is 130 cm³/mol. The van der Waals surface area contributed by atoms with Crippen LogP contribution in [0.25, 0.3) is 10.9 Å². The molecule has 1 N–H and O–H groups in total. The highest BCUT2D eigenvalue weighted by molar-refractivity contribution is 6.02. The topological polar surface area (TPSA) is 67.2 Å². The minimum absolute atomic E-state index is 0.182. The zero-order chi connectivity index (χ0) is 22.8. The van der Waals surface area contributed by atoms with Crippen molar-refractivity contribution in [3.63, 3.8) is 0 Å². The number of nitrogens with one attached hydrogen (secondary N) is 1. The van der Waals surface area contributed by atoms with Gasteiger partial charge in [0.1, 0.15) is 0 Å². The van der Waals surface area contributed by atoms with Gasteiger partial charge in [-0.1, -0.05) is 57.1 Å². The number of nitrogens with zero attached hydrogens (tertiary/aromatic N) is 3. The largest absolute Gasteiger partial charge is 0.303 e. The maximum Gasteiger partial charge on any atom is 0.235 e. The average Bonchev–Trinajstić information content (AvgIpc) is 3.42. The van der Waals surface area contributed by atoms with Gasteiger partial charge in [-0.05, 0) is 55.8 Å². The van der Waals surface area contributed by atoms with E-state index in [2.05, 4.69) is 28.4 Å². The van der Waals surface area contributed by atoms with E-state index in [0.29, 0.717) is 18.8 Å². The molecule has 2 saturated heterocycles. The molecular formula is C27H38N4O2. The van der Waals surface area contributed by atoms with E-state index in [1.165, 1.54) is 76.4 Å². The van der Waals surface area contributed by atoms with Crippen molar-refractivity contribution in [2.75, 3.05) is 19.6 Å². The molecule has 2 atom stereocenters. The second-order valence-corrected chi connectivity index (χ2v) is 10.6. The Hall–Kier alpha value is -2.21. The summed E-state index contributed by atoms with van der Waals surface area (Å²) in [6.07, 6.45) is 13.6. The zero-order valence-corrected chi connectivity index (χ0v) is 20.0. The summed E-state index contributed by atoms with van der Waals surface area (Å²) in [6, 6.07) is 6.65. The summed E-state index contributed by atoms with van der Waals surface area (Å²) < 4.78 is 1.90. The quantitative estimate of drug-likeness (QED) is 0.493. The van der Waals surface area contributed by atoms with Gasteiger partial charge in [0, 0.05) is 25.4 Å². The van der Waals surface area contributed by atoms with Gasteiger partial charge >= 0.3 is 0 Å². The van der Waals surface area contributed by atoms with Crippen LogP contribution in [0.3, 0.4) is 0 Å². The molecule has 5 rings (SSSR count). The Kier molecular flexibility index (Phi) is 6.81. The first-order valence-corrected chi connectivity index (χ1v) is 13.1. The van der Waals surface area contributed by atoms with Crippen LogP contribution in [0.15, 0.2) is 18.2 Å². The number of fused-ring (bicyclic) bond motifs is 1. The van der Waals surface area contributed by atoms with Crippen molar-refractivity contribution < 1.29 is 9.59 Å². The van der Waals surface area contributed by atoms with E-state index >= 15 is 0 Å². The number of aryl methyl sites for hydroxylation is 1. The lowest BCUT2D eigenvalue weighted by Crippen LogP contribution is -2.39. The summed E-state index contributed by atoms with van der Waals surface area (Å²) >= 11 is 0. The Morgan fingerprint density at radius 3 is 2.73 bits per heavy atom. The van der Waals surface area contributed by atoms with Crippen molar-refractivity contribution in [3.8, 4) is 0 Å². The summed E-state index contributed by atoms with van der Waals surface area (Å²) in [6.45, 7) is 3.57. The number of likely N-dealkylation sites (tertiary alicyclic amines) is 1. The number of carbonyl (C=O) groups is 2. The fourth-order valence-electron chi connectivity index (χ4n) is 6.32. The molecule has 1 aromatic heterocycles. The molecule has 1 aliphatic carbocycles. The number of carbonyl (C=O) groups excluding carboxylic acids is 2. The first-order valence-electron chi connectivity index (χ1n) is 13.1. The average molecular weight is 451 g/mol. The van der Waals surface area contributed by atoms with E-state index in [1.807, 2.05) is 11.7 Å². The lowest BCUT2D eigenvalue weighted by atomic mass is 9.86. The maximum atomic E-state index is 12.4. The molecule has 3 aliphatic rings. The van der Waals surface area contributed by atoms with Crippen LogP contribution in [0.2, 0.25) is 0 Å². The summed E-state index contributed by atoms with van der Waals surface area (Å²) in [5.41, 5.74) is 3.26. The van der Waals surface area contributed by atoms with Gasteiger partial charge in [-0.15, -0.1) is 0 Å². The zero-order valence-electron chi connectivity index (χ0n) is 20.0. The molecule has 3 heterocycles. The third kappa shape index (κ3) is 5.01. The van der Waals surface area contributed by atoms with Gasteiger partial charge in [0.05, 0.1) is 17.1 Å². The minimum atomic E-state index is -0.340. The van der Waals surface area contributed by atoms with Gasteiger partial charge in [-0.2, -0.15) is 5.10 Å². The molecule has 0 spiro atoms. The normalized spacial score (nSPS) is 25.1. The van der Waals surface area contributed by atoms with Gasteiger partial charge < -0.3 is 4.90 Å². The number of hydrogen-bond donors (Lipinski definition) is 1. The van der Waals surface area contributed by atoms with Crippen LogP contribution >= 0.6 is 0 Å². The van der Waals surface area contributed by atoms with E-state index < -0.39 is 0 Å². The van der Waals surface area contributed by atoms with Crippen molar-refractivity contribution in [1.82, 2.24) is 20.0 Å². The Balaban J connectivity index is 1.19. The maximum absolute atomic E-state index is 12.4. The van der Waals surface area contributed by atoms with Crippen molar-refractivity contribution in [2.45, 2.75) is 82.5 Å². The Morgan fingerprint density at radius 1 is 1.06 bits per heavy atom. The monoisotopic (exact) mass is 450 g/mol. The van der Waals surface area contributed by atoms with Crippen LogP contribution in [0.1, 0.15) is 93.7 Å². The molecule has 6 nitrogen and oxygen atoms in total. The lowest BCUT2D eigenvalue weighted by molar-refractivity contribution is -0.134. The third-order valence-corrected chi connectivity index (χ3v) is 8.28. The molecule has 1 unspecified atom stereocenters. The van der Waals surface area contributed by atoms with Crippen LogP contribution in [0, 0.1) is 5.92 Å². The number of amides is 2. The lowest BCUT2D eigenvalue weighted by Gasteiger charge is -2.22. The predicted octanol–water partition coefficient (Wildman–Crippen LogP) is 4.63. The molecule has 1 aromatic carbocycles. The van der Waals surface area contributed by atoms with Gasteiger partial charge in [0.2, 0.25) is 11.8 Å². The molecule has 6 heteroatoms. The van der Waals surface area contributed by atoms with Gasteiger partial charge in [0.25, 0.3) is 0 Å². The highest BCUT2D eigenvalue weighted by Crippen LogP contribution is 2.34. The van der Waals surface area contributed by atoms with Crippen LogP contribution in [0.4, 0.5) is 0 Å². The van der Waals surface area contributed by atoms with E-state index in [4.69, 9.17) is 5.10 Å². The van der Waals surface area contributed by atoms with Crippen LogP contribution in [-0.2, 0) is 16.6 Å². The SMILES string of the molecule is Cn1nc(C2CCC(=O)NC2=O)c2ccc([C@H]3CCN(CCCCC4CCCCC4)C3)cc21. The highest BCUT2D eigenvalue weighted by Gasteiger charge is 2.32. The van der Waals surface area contributed by atoms with Crippen LogP contribution in [0.5, 0.6) is 0 Å². The molecule has 0 bridgehead atoms. The molecule has 2 aromatic rings. The number of imide groups is 1. The van der Waals surface area contributed by atoms with Crippen molar-refractivity contribution in [1.29, 1.82) is 0 Å². The Bertz CT molecular complexity index is 1010. The van der Waals surface area contributed by atoms with Crippen LogP contribution in [-0.4, -0.2) is 46.1 Å². The molecule has 3 fully saturated rings. The summed E-state index contributed by atoms with van der Waals surface area (Å²) in [5.74, 6) is 0.832. The van der Waals surface area contributed by atoms with Gasteiger partial charge in [-0.25, -0.2) is 0 Å². The van der Waals surface area contributed by atoms with Crippen molar-refractivity contribution in [2.24, 2.45) is 13.0 Å². The molecule has 2 amide bonds. The number of unbranched alkanes of at least 4 members (excludes halogenated alkanes) is 1. The Morgan fingerprint density at radius 2 is 1.91 bits per heavy atom. The second kappa shape index (κ2) is 9.96. The van der Waals surface area contributed by atoms with E-state index in [0.717, 1.165) is 29.1 Å². The van der Waals surface area contributed by atoms with E-state index in [-0.39, 0.29) is 17.7 Å². The molecule has 2 aliphatic heterocycles. The first-order chi connectivity index (χ1) is 16.1. The third-order valence-electron chi connectivity index (χ3n) is 8.28.